The molecule has 0 spiro atoms. The predicted octanol–water partition coefficient (Wildman–Crippen LogP) is 4.33. The van der Waals surface area contributed by atoms with Crippen molar-refractivity contribution >= 4 is 28.2 Å². The van der Waals surface area contributed by atoms with Crippen molar-refractivity contribution in [3.8, 4) is 11.8 Å². The minimum Gasteiger partial charge on any atom is -0.496 e. The van der Waals surface area contributed by atoms with Crippen molar-refractivity contribution in [1.82, 2.24) is 4.98 Å². The van der Waals surface area contributed by atoms with Crippen molar-refractivity contribution in [3.05, 3.63) is 64.3 Å². The maximum atomic E-state index is 9.59. The third-order valence-corrected chi connectivity index (χ3v) is 4.92. The van der Waals surface area contributed by atoms with Crippen LogP contribution in [0.3, 0.4) is 0 Å². The van der Waals surface area contributed by atoms with Crippen molar-refractivity contribution in [1.29, 1.82) is 5.26 Å². The van der Waals surface area contributed by atoms with Gasteiger partial charge < -0.3 is 9.64 Å². The van der Waals surface area contributed by atoms with E-state index in [-0.39, 0.29) is 0 Å². The number of aromatic nitrogens is 1. The van der Waals surface area contributed by atoms with Crippen LogP contribution >= 0.6 is 11.6 Å². The second kappa shape index (κ2) is 6.27. The number of halogens is 1. The van der Waals surface area contributed by atoms with Gasteiger partial charge in [-0.2, -0.15) is 5.26 Å². The summed E-state index contributed by atoms with van der Waals surface area (Å²) in [4.78, 5) is 6.63. The van der Waals surface area contributed by atoms with Gasteiger partial charge in [-0.3, -0.25) is 4.98 Å². The molecular formula is C20H16ClN3O. The average molecular weight is 350 g/mol. The number of hydrogen-bond donors (Lipinski definition) is 0. The Morgan fingerprint density at radius 1 is 1.28 bits per heavy atom. The summed E-state index contributed by atoms with van der Waals surface area (Å²) in [5.41, 5.74) is 4.79. The zero-order valence-electron chi connectivity index (χ0n) is 13.8. The van der Waals surface area contributed by atoms with Gasteiger partial charge in [-0.25, -0.2) is 0 Å². The topological polar surface area (TPSA) is 49.1 Å². The van der Waals surface area contributed by atoms with Crippen LogP contribution in [0.25, 0.3) is 10.9 Å². The second-order valence-electron chi connectivity index (χ2n) is 6.06. The van der Waals surface area contributed by atoms with Gasteiger partial charge >= 0.3 is 0 Å². The monoisotopic (exact) mass is 349 g/mol. The average Bonchev–Trinajstić information content (AvgIpc) is 2.65. The molecule has 0 unspecified atom stereocenters. The number of nitriles is 1. The number of fused-ring (bicyclic) bond motifs is 2. The fraction of sp³-hybridized carbons (Fsp3) is 0.200. The summed E-state index contributed by atoms with van der Waals surface area (Å²) in [6, 6.07) is 14.0. The SMILES string of the molecule is COc1cccc2c1CCN(c1c(C#N)cnc3ccc(Cl)cc13)C2. The van der Waals surface area contributed by atoms with Gasteiger partial charge in [-0.15, -0.1) is 0 Å². The summed E-state index contributed by atoms with van der Waals surface area (Å²) in [6.07, 6.45) is 2.52. The summed E-state index contributed by atoms with van der Waals surface area (Å²) in [6.45, 7) is 1.54. The molecular weight excluding hydrogens is 334 g/mol. The summed E-state index contributed by atoms with van der Waals surface area (Å²) in [7, 11) is 1.70. The molecule has 0 atom stereocenters. The lowest BCUT2D eigenvalue weighted by molar-refractivity contribution is 0.407. The van der Waals surface area contributed by atoms with E-state index < -0.39 is 0 Å². The molecule has 1 aromatic heterocycles. The van der Waals surface area contributed by atoms with E-state index in [1.165, 1.54) is 11.1 Å². The predicted molar refractivity (Wildman–Crippen MR) is 99.2 cm³/mol. The lowest BCUT2D eigenvalue weighted by Gasteiger charge is -2.32. The van der Waals surface area contributed by atoms with Crippen LogP contribution in [-0.4, -0.2) is 18.6 Å². The van der Waals surface area contributed by atoms with E-state index in [0.717, 1.165) is 41.9 Å². The third-order valence-electron chi connectivity index (χ3n) is 4.68. The van der Waals surface area contributed by atoms with Crippen LogP contribution in [0.2, 0.25) is 5.02 Å². The van der Waals surface area contributed by atoms with Gasteiger partial charge in [0.15, 0.2) is 0 Å². The Labute approximate surface area is 151 Å². The molecule has 2 aromatic carbocycles. The van der Waals surface area contributed by atoms with Crippen LogP contribution in [0.15, 0.2) is 42.6 Å². The first-order valence-corrected chi connectivity index (χ1v) is 8.47. The number of pyridine rings is 1. The van der Waals surface area contributed by atoms with Gasteiger partial charge in [0.05, 0.1) is 23.9 Å². The van der Waals surface area contributed by atoms with E-state index >= 15 is 0 Å². The van der Waals surface area contributed by atoms with Gasteiger partial charge in [0.1, 0.15) is 11.8 Å². The molecule has 0 bridgehead atoms. The van der Waals surface area contributed by atoms with E-state index in [9.17, 15) is 5.26 Å². The van der Waals surface area contributed by atoms with Crippen molar-refractivity contribution in [3.63, 3.8) is 0 Å². The number of nitrogens with zero attached hydrogens (tertiary/aromatic N) is 3. The van der Waals surface area contributed by atoms with E-state index in [4.69, 9.17) is 16.3 Å². The van der Waals surface area contributed by atoms with Crippen molar-refractivity contribution in [2.24, 2.45) is 0 Å². The molecule has 2 heterocycles. The lowest BCUT2D eigenvalue weighted by Crippen LogP contribution is -2.31. The van der Waals surface area contributed by atoms with Crippen molar-refractivity contribution in [2.45, 2.75) is 13.0 Å². The first kappa shape index (κ1) is 15.7. The molecule has 0 saturated carbocycles. The largest absolute Gasteiger partial charge is 0.496 e. The zero-order chi connectivity index (χ0) is 17.4. The molecule has 0 saturated heterocycles. The molecule has 0 amide bonds. The quantitative estimate of drug-likeness (QED) is 0.691. The summed E-state index contributed by atoms with van der Waals surface area (Å²) < 4.78 is 5.49. The lowest BCUT2D eigenvalue weighted by atomic mass is 9.97. The molecule has 0 N–H and O–H groups in total. The first-order chi connectivity index (χ1) is 12.2. The Balaban J connectivity index is 1.85. The van der Waals surface area contributed by atoms with E-state index in [0.29, 0.717) is 10.6 Å². The zero-order valence-corrected chi connectivity index (χ0v) is 14.5. The fourth-order valence-electron chi connectivity index (χ4n) is 3.53. The highest BCUT2D eigenvalue weighted by molar-refractivity contribution is 6.31. The Kier molecular flexibility index (Phi) is 3.95. The fourth-order valence-corrected chi connectivity index (χ4v) is 3.70. The van der Waals surface area contributed by atoms with E-state index in [1.807, 2.05) is 30.3 Å². The van der Waals surface area contributed by atoms with E-state index in [1.54, 1.807) is 13.3 Å². The Morgan fingerprint density at radius 3 is 2.96 bits per heavy atom. The van der Waals surface area contributed by atoms with Crippen molar-refractivity contribution in [2.75, 3.05) is 18.6 Å². The molecule has 0 fully saturated rings. The molecule has 5 heteroatoms. The van der Waals surface area contributed by atoms with Gasteiger partial charge in [0.2, 0.25) is 0 Å². The third kappa shape index (κ3) is 2.67. The molecule has 0 aliphatic carbocycles. The van der Waals surface area contributed by atoms with Gasteiger partial charge in [0.25, 0.3) is 0 Å². The van der Waals surface area contributed by atoms with Gasteiger partial charge in [-0.1, -0.05) is 23.7 Å². The minimum atomic E-state index is 0.570. The Bertz CT molecular complexity index is 1010. The van der Waals surface area contributed by atoms with Gasteiger partial charge in [-0.05, 0) is 36.2 Å². The molecule has 0 radical (unpaired) electrons. The summed E-state index contributed by atoms with van der Waals surface area (Å²) >= 11 is 6.20. The molecule has 25 heavy (non-hydrogen) atoms. The molecule has 1 aliphatic rings. The number of rotatable bonds is 2. The van der Waals surface area contributed by atoms with Crippen LogP contribution in [0.1, 0.15) is 16.7 Å². The molecule has 3 aromatic rings. The number of benzene rings is 2. The molecule has 4 rings (SSSR count). The van der Waals surface area contributed by atoms with Gasteiger partial charge in [0, 0.05) is 35.3 Å². The highest BCUT2D eigenvalue weighted by Gasteiger charge is 2.23. The van der Waals surface area contributed by atoms with Crippen LogP contribution < -0.4 is 9.64 Å². The Morgan fingerprint density at radius 2 is 2.16 bits per heavy atom. The van der Waals surface area contributed by atoms with E-state index in [2.05, 4.69) is 22.0 Å². The highest BCUT2D eigenvalue weighted by atomic mass is 35.5. The molecule has 1 aliphatic heterocycles. The molecule has 124 valence electrons. The first-order valence-electron chi connectivity index (χ1n) is 8.09. The maximum absolute atomic E-state index is 9.59. The van der Waals surface area contributed by atoms with Crippen LogP contribution in [0, 0.1) is 11.3 Å². The smallest absolute Gasteiger partial charge is 0.122 e. The van der Waals surface area contributed by atoms with Crippen LogP contribution in [-0.2, 0) is 13.0 Å². The minimum absolute atomic E-state index is 0.570. The van der Waals surface area contributed by atoms with Crippen LogP contribution in [0.5, 0.6) is 5.75 Å². The van der Waals surface area contributed by atoms with Crippen molar-refractivity contribution < 1.29 is 4.74 Å². The number of hydrogen-bond acceptors (Lipinski definition) is 4. The van der Waals surface area contributed by atoms with Crippen LogP contribution in [0.4, 0.5) is 5.69 Å². The summed E-state index contributed by atoms with van der Waals surface area (Å²) in [5, 5.41) is 11.1. The normalized spacial score (nSPS) is 13.4. The Hall–Kier alpha value is -2.77. The number of ether oxygens (including phenoxy) is 1. The number of methoxy groups -OCH3 is 1. The standard InChI is InChI=1S/C20H16ClN3O/c1-25-19-4-2-3-13-12-24(8-7-16(13)19)20-14(10-22)11-23-18-6-5-15(21)9-17(18)20/h2-6,9,11H,7-8,12H2,1H3. The maximum Gasteiger partial charge on any atom is 0.122 e. The number of anilines is 1. The second-order valence-corrected chi connectivity index (χ2v) is 6.50. The summed E-state index contributed by atoms with van der Waals surface area (Å²) in [5.74, 6) is 0.931. The highest BCUT2D eigenvalue weighted by Crippen LogP contribution is 2.36. The molecule has 4 nitrogen and oxygen atoms in total.